The summed E-state index contributed by atoms with van der Waals surface area (Å²) in [7, 11) is 0. The van der Waals surface area contributed by atoms with Gasteiger partial charge in [0.15, 0.2) is 17.8 Å². The number of anilines is 1. The normalized spacial score (nSPS) is 19.3. The Kier molecular flexibility index (Phi) is 3.54. The van der Waals surface area contributed by atoms with Gasteiger partial charge in [0, 0.05) is 18.0 Å². The zero-order valence-corrected chi connectivity index (χ0v) is 13.6. The summed E-state index contributed by atoms with van der Waals surface area (Å²) in [5.74, 6) is 1.52. The van der Waals surface area contributed by atoms with Crippen LogP contribution in [-0.2, 0) is 4.94 Å². The van der Waals surface area contributed by atoms with Gasteiger partial charge in [-0.3, -0.25) is 4.94 Å². The van der Waals surface area contributed by atoms with Gasteiger partial charge in [0.25, 0.3) is 0 Å². The van der Waals surface area contributed by atoms with Crippen LogP contribution in [0.5, 0.6) is 0 Å². The van der Waals surface area contributed by atoms with Crippen LogP contribution in [0.15, 0.2) is 77.7 Å². The van der Waals surface area contributed by atoms with E-state index in [-0.39, 0.29) is 6.17 Å². The highest BCUT2D eigenvalue weighted by Gasteiger charge is 2.34. The summed E-state index contributed by atoms with van der Waals surface area (Å²) in [4.78, 5) is 12.3. The predicted octanol–water partition coefficient (Wildman–Crippen LogP) is 3.61. The van der Waals surface area contributed by atoms with Crippen LogP contribution in [0.4, 0.5) is 5.82 Å². The first kappa shape index (κ1) is 14.5. The van der Waals surface area contributed by atoms with E-state index in [0.29, 0.717) is 0 Å². The topological polar surface area (TPSA) is 41.0 Å². The SMILES string of the molecule is CC1=CC2N(C=C1)C(c1ccccc1)=NON2c1cc(C)ccn1. The Labute approximate surface area is 141 Å². The van der Waals surface area contributed by atoms with E-state index in [9.17, 15) is 0 Å². The minimum Gasteiger partial charge on any atom is -0.302 e. The zero-order valence-electron chi connectivity index (χ0n) is 13.6. The minimum atomic E-state index is -0.128. The maximum Gasteiger partial charge on any atom is 0.184 e. The van der Waals surface area contributed by atoms with E-state index in [1.54, 1.807) is 11.3 Å². The predicted molar refractivity (Wildman–Crippen MR) is 94.0 cm³/mol. The molecule has 0 N–H and O–H groups in total. The average molecular weight is 318 g/mol. The highest BCUT2D eigenvalue weighted by molar-refractivity contribution is 6.00. The largest absolute Gasteiger partial charge is 0.302 e. The number of allylic oxidation sites excluding steroid dienone is 2. The van der Waals surface area contributed by atoms with Gasteiger partial charge in [-0.15, -0.1) is 5.06 Å². The molecule has 0 fully saturated rings. The van der Waals surface area contributed by atoms with Crippen LogP contribution in [0, 0.1) is 6.92 Å². The number of benzene rings is 1. The molecule has 1 aromatic carbocycles. The smallest absolute Gasteiger partial charge is 0.184 e. The third-order valence-corrected chi connectivity index (χ3v) is 4.05. The van der Waals surface area contributed by atoms with Crippen molar-refractivity contribution in [3.05, 3.63) is 83.7 Å². The number of aromatic nitrogens is 1. The fourth-order valence-corrected chi connectivity index (χ4v) is 2.82. The van der Waals surface area contributed by atoms with E-state index in [1.165, 1.54) is 5.57 Å². The zero-order chi connectivity index (χ0) is 16.5. The molecular formula is C19H18N4O. The molecule has 0 saturated heterocycles. The van der Waals surface area contributed by atoms with Gasteiger partial charge in [-0.25, -0.2) is 4.98 Å². The molecule has 2 aliphatic heterocycles. The van der Waals surface area contributed by atoms with E-state index in [0.717, 1.165) is 22.8 Å². The molecule has 4 rings (SSSR count). The quantitative estimate of drug-likeness (QED) is 0.848. The molecular weight excluding hydrogens is 300 g/mol. The van der Waals surface area contributed by atoms with Crippen LogP contribution in [0.2, 0.25) is 0 Å². The summed E-state index contributed by atoms with van der Waals surface area (Å²) < 4.78 is 0. The molecule has 5 heteroatoms. The molecule has 0 aliphatic carbocycles. The Morgan fingerprint density at radius 3 is 2.71 bits per heavy atom. The van der Waals surface area contributed by atoms with Crippen molar-refractivity contribution < 1.29 is 4.94 Å². The van der Waals surface area contributed by atoms with Crippen molar-refractivity contribution in [3.8, 4) is 0 Å². The maximum absolute atomic E-state index is 5.74. The Morgan fingerprint density at radius 1 is 1.08 bits per heavy atom. The highest BCUT2D eigenvalue weighted by Crippen LogP contribution is 2.28. The van der Waals surface area contributed by atoms with Gasteiger partial charge in [-0.2, -0.15) is 0 Å². The first-order valence-corrected chi connectivity index (χ1v) is 7.90. The van der Waals surface area contributed by atoms with Gasteiger partial charge < -0.3 is 4.90 Å². The van der Waals surface area contributed by atoms with Crippen molar-refractivity contribution in [1.82, 2.24) is 9.88 Å². The third-order valence-electron chi connectivity index (χ3n) is 4.05. The van der Waals surface area contributed by atoms with Crippen molar-refractivity contribution in [2.45, 2.75) is 20.0 Å². The Morgan fingerprint density at radius 2 is 1.92 bits per heavy atom. The molecule has 3 heterocycles. The van der Waals surface area contributed by atoms with Crippen LogP contribution in [0.1, 0.15) is 18.1 Å². The van der Waals surface area contributed by atoms with Crippen molar-refractivity contribution in [2.24, 2.45) is 5.16 Å². The summed E-state index contributed by atoms with van der Waals surface area (Å²) in [6.45, 7) is 4.11. The second kappa shape index (κ2) is 5.85. The first-order chi connectivity index (χ1) is 11.7. The van der Waals surface area contributed by atoms with Crippen molar-refractivity contribution in [1.29, 1.82) is 0 Å². The molecule has 120 valence electrons. The number of hydrogen-bond acceptors (Lipinski definition) is 5. The summed E-state index contributed by atoms with van der Waals surface area (Å²) in [5, 5.41) is 6.07. The van der Waals surface area contributed by atoms with Crippen molar-refractivity contribution >= 4 is 11.7 Å². The summed E-state index contributed by atoms with van der Waals surface area (Å²) in [6.07, 6.45) is 7.90. The summed E-state index contributed by atoms with van der Waals surface area (Å²) in [5.41, 5.74) is 3.31. The van der Waals surface area contributed by atoms with E-state index in [1.807, 2.05) is 55.6 Å². The molecule has 5 nitrogen and oxygen atoms in total. The number of fused-ring (bicyclic) bond motifs is 1. The molecule has 0 spiro atoms. The van der Waals surface area contributed by atoms with Crippen LogP contribution < -0.4 is 5.06 Å². The Bertz CT molecular complexity index is 841. The number of pyridine rings is 1. The Balaban J connectivity index is 1.77. The van der Waals surface area contributed by atoms with Crippen LogP contribution in [0.25, 0.3) is 0 Å². The lowest BCUT2D eigenvalue weighted by atomic mass is 10.1. The molecule has 0 amide bonds. The minimum absolute atomic E-state index is 0.128. The van der Waals surface area contributed by atoms with Gasteiger partial charge in [-0.05, 0) is 54.4 Å². The van der Waals surface area contributed by atoms with Crippen LogP contribution in [0.3, 0.4) is 0 Å². The van der Waals surface area contributed by atoms with Crippen molar-refractivity contribution in [3.63, 3.8) is 0 Å². The van der Waals surface area contributed by atoms with Gasteiger partial charge in [0.05, 0.1) is 0 Å². The number of rotatable bonds is 2. The Hall–Kier alpha value is -3.08. The lowest BCUT2D eigenvalue weighted by Gasteiger charge is -2.40. The molecule has 2 aliphatic rings. The second-order valence-electron chi connectivity index (χ2n) is 5.93. The standard InChI is InChI=1S/C19H18N4O/c1-14-8-10-20-17(12-14)23-18-13-15(2)9-11-22(18)19(21-24-23)16-6-4-3-5-7-16/h3-13,18H,1-2H3. The monoisotopic (exact) mass is 318 g/mol. The number of aryl methyl sites for hydroxylation is 1. The molecule has 2 aromatic rings. The third kappa shape index (κ3) is 2.54. The molecule has 0 radical (unpaired) electrons. The summed E-state index contributed by atoms with van der Waals surface area (Å²) in [6, 6.07) is 14.0. The van der Waals surface area contributed by atoms with Gasteiger partial charge in [-0.1, -0.05) is 30.3 Å². The van der Waals surface area contributed by atoms with Gasteiger partial charge >= 0.3 is 0 Å². The van der Waals surface area contributed by atoms with Gasteiger partial charge in [0.1, 0.15) is 0 Å². The van der Waals surface area contributed by atoms with Crippen molar-refractivity contribution in [2.75, 3.05) is 5.06 Å². The van der Waals surface area contributed by atoms with E-state index >= 15 is 0 Å². The second-order valence-corrected chi connectivity index (χ2v) is 5.93. The number of oxime groups is 1. The maximum atomic E-state index is 5.74. The highest BCUT2D eigenvalue weighted by atomic mass is 16.8. The van der Waals surface area contributed by atoms with Crippen LogP contribution >= 0.6 is 0 Å². The number of hydroxylamine groups is 1. The van der Waals surface area contributed by atoms with Gasteiger partial charge in [0.2, 0.25) is 0 Å². The lowest BCUT2D eigenvalue weighted by molar-refractivity contribution is 0.0556. The van der Waals surface area contributed by atoms with E-state index in [4.69, 9.17) is 4.94 Å². The molecule has 0 saturated carbocycles. The molecule has 24 heavy (non-hydrogen) atoms. The summed E-state index contributed by atoms with van der Waals surface area (Å²) >= 11 is 0. The number of nitrogens with zero attached hydrogens (tertiary/aromatic N) is 4. The molecule has 1 aromatic heterocycles. The van der Waals surface area contributed by atoms with E-state index in [2.05, 4.69) is 34.1 Å². The fraction of sp³-hybridized carbons (Fsp3) is 0.158. The molecule has 1 unspecified atom stereocenters. The average Bonchev–Trinajstić information content (AvgIpc) is 2.61. The van der Waals surface area contributed by atoms with E-state index < -0.39 is 0 Å². The first-order valence-electron chi connectivity index (χ1n) is 7.90. The lowest BCUT2D eigenvalue weighted by Crippen LogP contribution is -2.52. The fourth-order valence-electron chi connectivity index (χ4n) is 2.82. The molecule has 0 bridgehead atoms. The number of hydrogen-bond donors (Lipinski definition) is 0. The molecule has 1 atom stereocenters. The number of amidine groups is 1. The van der Waals surface area contributed by atoms with Crippen LogP contribution in [-0.4, -0.2) is 21.9 Å².